The predicted octanol–water partition coefficient (Wildman–Crippen LogP) is 1.64. The number of alkyl halides is 1. The standard InChI is InChI=1S/C11H13FN2O2/c1-7-2-4-13-10(9(7)11(15)16)14-5-3-8(12)6-14/h2,4,8H,3,5-6H2,1H3,(H,15,16)/t8-/m1/s1. The van der Waals surface area contributed by atoms with E-state index >= 15 is 0 Å². The van der Waals surface area contributed by atoms with Gasteiger partial charge in [0.2, 0.25) is 0 Å². The molecule has 1 atom stereocenters. The molecule has 4 nitrogen and oxygen atoms in total. The van der Waals surface area contributed by atoms with E-state index in [2.05, 4.69) is 4.98 Å². The summed E-state index contributed by atoms with van der Waals surface area (Å²) in [6, 6.07) is 1.65. The van der Waals surface area contributed by atoms with Gasteiger partial charge >= 0.3 is 5.97 Å². The monoisotopic (exact) mass is 224 g/mol. The molecule has 1 aromatic rings. The molecule has 1 aliphatic rings. The molecule has 1 N–H and O–H groups in total. The van der Waals surface area contributed by atoms with Crippen molar-refractivity contribution in [2.24, 2.45) is 0 Å². The summed E-state index contributed by atoms with van der Waals surface area (Å²) in [4.78, 5) is 16.9. The van der Waals surface area contributed by atoms with E-state index < -0.39 is 12.1 Å². The number of carboxylic acid groups (broad SMARTS) is 1. The van der Waals surface area contributed by atoms with Gasteiger partial charge in [-0.05, 0) is 25.0 Å². The normalized spacial score (nSPS) is 20.1. The fourth-order valence-corrected chi connectivity index (χ4v) is 1.96. The molecule has 16 heavy (non-hydrogen) atoms. The van der Waals surface area contributed by atoms with Gasteiger partial charge in [-0.1, -0.05) is 0 Å². The second-order valence-electron chi connectivity index (χ2n) is 3.96. The number of carbonyl (C=O) groups is 1. The summed E-state index contributed by atoms with van der Waals surface area (Å²) in [7, 11) is 0. The van der Waals surface area contributed by atoms with Gasteiger partial charge in [-0.15, -0.1) is 0 Å². The Hall–Kier alpha value is -1.65. The van der Waals surface area contributed by atoms with Crippen molar-refractivity contribution < 1.29 is 14.3 Å². The first-order valence-corrected chi connectivity index (χ1v) is 5.17. The zero-order valence-electron chi connectivity index (χ0n) is 8.98. The molecule has 0 unspecified atom stereocenters. The molecule has 1 fully saturated rings. The number of halogens is 1. The van der Waals surface area contributed by atoms with E-state index in [1.807, 2.05) is 0 Å². The highest BCUT2D eigenvalue weighted by Gasteiger charge is 2.27. The highest BCUT2D eigenvalue weighted by molar-refractivity contribution is 5.95. The second kappa shape index (κ2) is 4.08. The first-order chi connectivity index (χ1) is 7.59. The Morgan fingerprint density at radius 2 is 2.44 bits per heavy atom. The Morgan fingerprint density at radius 1 is 1.69 bits per heavy atom. The molecule has 0 aromatic carbocycles. The Morgan fingerprint density at radius 3 is 3.00 bits per heavy atom. The number of aryl methyl sites for hydroxylation is 1. The highest BCUT2D eigenvalue weighted by atomic mass is 19.1. The zero-order chi connectivity index (χ0) is 11.7. The molecular formula is C11H13FN2O2. The van der Waals surface area contributed by atoms with Crippen LogP contribution >= 0.6 is 0 Å². The average Bonchev–Trinajstić information content (AvgIpc) is 2.63. The third kappa shape index (κ3) is 1.85. The number of anilines is 1. The van der Waals surface area contributed by atoms with Gasteiger partial charge in [0.15, 0.2) is 0 Å². The largest absolute Gasteiger partial charge is 0.478 e. The van der Waals surface area contributed by atoms with Crippen LogP contribution in [0.4, 0.5) is 10.2 Å². The van der Waals surface area contributed by atoms with Crippen molar-refractivity contribution in [1.82, 2.24) is 4.98 Å². The third-order valence-corrected chi connectivity index (χ3v) is 2.78. The lowest BCUT2D eigenvalue weighted by Crippen LogP contribution is -2.24. The van der Waals surface area contributed by atoms with Crippen molar-refractivity contribution in [2.75, 3.05) is 18.0 Å². The van der Waals surface area contributed by atoms with Crippen molar-refractivity contribution in [1.29, 1.82) is 0 Å². The number of nitrogens with zero attached hydrogens (tertiary/aromatic N) is 2. The number of aromatic nitrogens is 1. The van der Waals surface area contributed by atoms with Gasteiger partial charge in [0, 0.05) is 12.7 Å². The SMILES string of the molecule is Cc1ccnc(N2CC[C@@H](F)C2)c1C(=O)O. The van der Waals surface area contributed by atoms with Crippen LogP contribution in [0.2, 0.25) is 0 Å². The minimum absolute atomic E-state index is 0.177. The summed E-state index contributed by atoms with van der Waals surface area (Å²) in [5, 5.41) is 9.11. The van der Waals surface area contributed by atoms with Crippen LogP contribution in [0.1, 0.15) is 22.3 Å². The number of carboxylic acids is 1. The summed E-state index contributed by atoms with van der Waals surface area (Å²) >= 11 is 0. The highest BCUT2D eigenvalue weighted by Crippen LogP contribution is 2.25. The molecular weight excluding hydrogens is 211 g/mol. The zero-order valence-corrected chi connectivity index (χ0v) is 8.98. The van der Waals surface area contributed by atoms with Gasteiger partial charge in [-0.2, -0.15) is 0 Å². The molecule has 0 aliphatic carbocycles. The molecule has 1 aromatic heterocycles. The van der Waals surface area contributed by atoms with E-state index in [4.69, 9.17) is 5.11 Å². The fourth-order valence-electron chi connectivity index (χ4n) is 1.96. The van der Waals surface area contributed by atoms with E-state index in [9.17, 15) is 9.18 Å². The van der Waals surface area contributed by atoms with Crippen LogP contribution in [0.25, 0.3) is 0 Å². The molecule has 2 rings (SSSR count). The molecule has 2 heterocycles. The quantitative estimate of drug-likeness (QED) is 0.829. The number of aromatic carboxylic acids is 1. The average molecular weight is 224 g/mol. The molecule has 0 amide bonds. The van der Waals surface area contributed by atoms with Crippen molar-refractivity contribution >= 4 is 11.8 Å². The van der Waals surface area contributed by atoms with Gasteiger partial charge < -0.3 is 10.0 Å². The lowest BCUT2D eigenvalue weighted by Gasteiger charge is -2.19. The maximum atomic E-state index is 13.1. The smallest absolute Gasteiger partial charge is 0.339 e. The lowest BCUT2D eigenvalue weighted by molar-refractivity contribution is 0.0696. The second-order valence-corrected chi connectivity index (χ2v) is 3.96. The minimum atomic E-state index is -1.01. The van der Waals surface area contributed by atoms with Gasteiger partial charge in [0.25, 0.3) is 0 Å². The van der Waals surface area contributed by atoms with Crippen molar-refractivity contribution in [3.63, 3.8) is 0 Å². The minimum Gasteiger partial charge on any atom is -0.478 e. The summed E-state index contributed by atoms with van der Waals surface area (Å²) in [6.45, 7) is 2.48. The first-order valence-electron chi connectivity index (χ1n) is 5.17. The molecule has 0 saturated carbocycles. The van der Waals surface area contributed by atoms with Crippen molar-refractivity contribution in [3.8, 4) is 0 Å². The van der Waals surface area contributed by atoms with E-state index in [-0.39, 0.29) is 12.1 Å². The van der Waals surface area contributed by atoms with Gasteiger partial charge in [0.1, 0.15) is 17.6 Å². The molecule has 0 bridgehead atoms. The Labute approximate surface area is 92.7 Å². The van der Waals surface area contributed by atoms with Crippen LogP contribution < -0.4 is 4.90 Å². The predicted molar refractivity (Wildman–Crippen MR) is 57.7 cm³/mol. The number of hydrogen-bond acceptors (Lipinski definition) is 3. The topological polar surface area (TPSA) is 53.4 Å². The molecule has 5 heteroatoms. The van der Waals surface area contributed by atoms with Crippen LogP contribution in [-0.2, 0) is 0 Å². The summed E-state index contributed by atoms with van der Waals surface area (Å²) < 4.78 is 13.1. The van der Waals surface area contributed by atoms with E-state index in [1.165, 1.54) is 0 Å². The van der Waals surface area contributed by atoms with Gasteiger partial charge in [-0.3, -0.25) is 0 Å². The summed E-state index contributed by atoms with van der Waals surface area (Å²) in [6.07, 6.45) is 1.11. The maximum absolute atomic E-state index is 13.1. The van der Waals surface area contributed by atoms with Crippen molar-refractivity contribution in [3.05, 3.63) is 23.4 Å². The molecule has 86 valence electrons. The van der Waals surface area contributed by atoms with Crippen LogP contribution in [0, 0.1) is 6.92 Å². The van der Waals surface area contributed by atoms with E-state index in [0.717, 1.165) is 0 Å². The van der Waals surface area contributed by atoms with Gasteiger partial charge in [-0.25, -0.2) is 14.2 Å². The Balaban J connectivity index is 2.40. The molecule has 0 spiro atoms. The van der Waals surface area contributed by atoms with Crippen LogP contribution in [0.5, 0.6) is 0 Å². The first kappa shape index (κ1) is 10.9. The molecule has 0 radical (unpaired) electrons. The van der Waals surface area contributed by atoms with Crippen LogP contribution in [-0.4, -0.2) is 35.3 Å². The third-order valence-electron chi connectivity index (χ3n) is 2.78. The number of pyridine rings is 1. The summed E-state index contributed by atoms with van der Waals surface area (Å²) in [5.74, 6) is -0.629. The Kier molecular flexibility index (Phi) is 2.77. The van der Waals surface area contributed by atoms with E-state index in [1.54, 1.807) is 24.1 Å². The maximum Gasteiger partial charge on any atom is 0.339 e. The summed E-state index contributed by atoms with van der Waals surface area (Å²) in [5.41, 5.74) is 0.830. The number of hydrogen-bond donors (Lipinski definition) is 1. The number of rotatable bonds is 2. The molecule has 1 saturated heterocycles. The van der Waals surface area contributed by atoms with Crippen LogP contribution in [0.3, 0.4) is 0 Å². The lowest BCUT2D eigenvalue weighted by atomic mass is 10.1. The Bertz CT molecular complexity index is 422. The van der Waals surface area contributed by atoms with Crippen molar-refractivity contribution in [2.45, 2.75) is 19.5 Å². The van der Waals surface area contributed by atoms with Gasteiger partial charge in [0.05, 0.1) is 6.54 Å². The van der Waals surface area contributed by atoms with Crippen LogP contribution in [0.15, 0.2) is 12.3 Å². The fraction of sp³-hybridized carbons (Fsp3) is 0.455. The molecule has 1 aliphatic heterocycles. The van der Waals surface area contributed by atoms with E-state index in [0.29, 0.717) is 24.3 Å².